The van der Waals surface area contributed by atoms with Gasteiger partial charge >= 0.3 is 0 Å². The molecule has 1 rings (SSSR count). The van der Waals surface area contributed by atoms with Crippen molar-refractivity contribution in [3.63, 3.8) is 0 Å². The van der Waals surface area contributed by atoms with E-state index in [0.717, 1.165) is 5.56 Å². The van der Waals surface area contributed by atoms with Crippen LogP contribution in [0.2, 0.25) is 0 Å². The predicted molar refractivity (Wildman–Crippen MR) is 103 cm³/mol. The van der Waals surface area contributed by atoms with Crippen molar-refractivity contribution < 1.29 is 8.42 Å². The predicted octanol–water partition coefficient (Wildman–Crippen LogP) is 2.17. The van der Waals surface area contributed by atoms with E-state index in [1.807, 2.05) is 30.3 Å². The number of halogens is 1. The van der Waals surface area contributed by atoms with E-state index in [9.17, 15) is 8.42 Å². The minimum Gasteiger partial charge on any atom is -0.370 e. The van der Waals surface area contributed by atoms with Crippen molar-refractivity contribution in [2.24, 2.45) is 16.6 Å². The third-order valence-electron chi connectivity index (χ3n) is 2.79. The summed E-state index contributed by atoms with van der Waals surface area (Å²) in [4.78, 5) is 4.16. The number of rotatable bonds is 8. The largest absolute Gasteiger partial charge is 0.370 e. The van der Waals surface area contributed by atoms with Gasteiger partial charge in [-0.1, -0.05) is 44.2 Å². The van der Waals surface area contributed by atoms with Crippen LogP contribution in [0.1, 0.15) is 25.8 Å². The summed E-state index contributed by atoms with van der Waals surface area (Å²) in [5, 5.41) is 2.94. The third-order valence-corrected chi connectivity index (χ3v) is 4.48. The first-order valence-corrected chi connectivity index (χ1v) is 8.99. The highest BCUT2D eigenvalue weighted by Crippen LogP contribution is 2.06. The van der Waals surface area contributed by atoms with E-state index >= 15 is 0 Å². The second-order valence-corrected chi connectivity index (χ2v) is 7.66. The lowest BCUT2D eigenvalue weighted by Crippen LogP contribution is -2.33. The van der Waals surface area contributed by atoms with E-state index in [-0.39, 0.29) is 35.5 Å². The van der Waals surface area contributed by atoms with Crippen LogP contribution in [0.4, 0.5) is 0 Å². The van der Waals surface area contributed by atoms with Gasteiger partial charge in [0, 0.05) is 13.1 Å². The Morgan fingerprint density at radius 2 is 1.91 bits per heavy atom. The highest BCUT2D eigenvalue weighted by molar-refractivity contribution is 14.0. The Morgan fingerprint density at radius 3 is 2.50 bits per heavy atom. The Hall–Kier alpha value is -0.830. The molecule has 0 bridgehead atoms. The number of aliphatic imine (C=N–C) groups is 1. The molecule has 0 spiro atoms. The molecule has 0 aromatic heterocycles. The summed E-state index contributed by atoms with van der Waals surface area (Å²) >= 11 is 0. The summed E-state index contributed by atoms with van der Waals surface area (Å²) in [5.74, 6) is 1.07. The SMILES string of the molecule is CC(C)CN=C(N)NCCCS(=O)(=O)Cc1ccccc1.I. The topological polar surface area (TPSA) is 84.5 Å². The zero-order valence-electron chi connectivity index (χ0n) is 13.2. The molecule has 3 N–H and O–H groups in total. The zero-order valence-corrected chi connectivity index (χ0v) is 16.3. The Kier molecular flexibility index (Phi) is 10.4. The van der Waals surface area contributed by atoms with Crippen LogP contribution in [0, 0.1) is 5.92 Å². The molecule has 5 nitrogen and oxygen atoms in total. The van der Waals surface area contributed by atoms with Gasteiger partial charge in [0.25, 0.3) is 0 Å². The lowest BCUT2D eigenvalue weighted by molar-refractivity contribution is 0.591. The van der Waals surface area contributed by atoms with Crippen molar-refractivity contribution in [3.8, 4) is 0 Å². The molecular formula is C15H26IN3O2S. The molecular weight excluding hydrogens is 413 g/mol. The molecule has 22 heavy (non-hydrogen) atoms. The number of hydrogen-bond donors (Lipinski definition) is 2. The molecule has 0 aliphatic heterocycles. The average molecular weight is 439 g/mol. The maximum atomic E-state index is 12.0. The van der Waals surface area contributed by atoms with E-state index in [4.69, 9.17) is 5.73 Å². The van der Waals surface area contributed by atoms with Crippen molar-refractivity contribution in [1.29, 1.82) is 0 Å². The minimum absolute atomic E-state index is 0. The van der Waals surface area contributed by atoms with Crippen LogP contribution in [-0.4, -0.2) is 33.2 Å². The first-order valence-electron chi connectivity index (χ1n) is 7.17. The molecule has 0 heterocycles. The number of sulfone groups is 1. The zero-order chi connectivity index (χ0) is 15.7. The number of nitrogens with one attached hydrogen (secondary N) is 1. The average Bonchev–Trinajstić information content (AvgIpc) is 2.42. The van der Waals surface area contributed by atoms with Crippen LogP contribution in [0.25, 0.3) is 0 Å². The van der Waals surface area contributed by atoms with E-state index in [2.05, 4.69) is 24.2 Å². The molecule has 0 unspecified atom stereocenters. The van der Waals surface area contributed by atoms with Crippen LogP contribution in [0.5, 0.6) is 0 Å². The molecule has 126 valence electrons. The van der Waals surface area contributed by atoms with Crippen LogP contribution < -0.4 is 11.1 Å². The molecule has 0 aliphatic rings. The highest BCUT2D eigenvalue weighted by Gasteiger charge is 2.11. The van der Waals surface area contributed by atoms with Crippen LogP contribution in [0.15, 0.2) is 35.3 Å². The van der Waals surface area contributed by atoms with Crippen molar-refractivity contribution in [2.75, 3.05) is 18.8 Å². The van der Waals surface area contributed by atoms with Gasteiger partial charge in [-0.2, -0.15) is 0 Å². The Bertz CT molecular complexity index is 545. The summed E-state index contributed by atoms with van der Waals surface area (Å²) < 4.78 is 23.9. The second-order valence-electron chi connectivity index (χ2n) is 5.48. The molecule has 7 heteroatoms. The van der Waals surface area contributed by atoms with Gasteiger partial charge in [-0.05, 0) is 17.9 Å². The summed E-state index contributed by atoms with van der Waals surface area (Å²) in [6.07, 6.45) is 0.521. The summed E-state index contributed by atoms with van der Waals surface area (Å²) in [6, 6.07) is 9.22. The maximum absolute atomic E-state index is 12.0. The van der Waals surface area contributed by atoms with E-state index in [0.29, 0.717) is 31.4 Å². The van der Waals surface area contributed by atoms with Crippen LogP contribution >= 0.6 is 24.0 Å². The maximum Gasteiger partial charge on any atom is 0.188 e. The fourth-order valence-corrected chi connectivity index (χ4v) is 3.17. The van der Waals surface area contributed by atoms with E-state index < -0.39 is 9.84 Å². The molecule has 0 atom stereocenters. The third kappa shape index (κ3) is 9.99. The molecule has 0 fully saturated rings. The second kappa shape index (κ2) is 10.8. The van der Waals surface area contributed by atoms with Gasteiger partial charge in [0.05, 0.1) is 11.5 Å². The monoisotopic (exact) mass is 439 g/mol. The Morgan fingerprint density at radius 1 is 1.27 bits per heavy atom. The lowest BCUT2D eigenvalue weighted by atomic mass is 10.2. The van der Waals surface area contributed by atoms with Crippen molar-refractivity contribution in [2.45, 2.75) is 26.0 Å². The number of guanidine groups is 1. The smallest absolute Gasteiger partial charge is 0.188 e. The quantitative estimate of drug-likeness (QED) is 0.282. The Balaban J connectivity index is 0.00000441. The van der Waals surface area contributed by atoms with Gasteiger partial charge in [-0.15, -0.1) is 24.0 Å². The van der Waals surface area contributed by atoms with Gasteiger partial charge in [0.15, 0.2) is 15.8 Å². The fraction of sp³-hybridized carbons (Fsp3) is 0.533. The molecule has 0 aliphatic carbocycles. The molecule has 0 amide bonds. The minimum atomic E-state index is -3.08. The van der Waals surface area contributed by atoms with Crippen LogP contribution in [-0.2, 0) is 15.6 Å². The fourth-order valence-electron chi connectivity index (χ4n) is 1.75. The first kappa shape index (κ1) is 21.2. The van der Waals surface area contributed by atoms with Gasteiger partial charge < -0.3 is 11.1 Å². The number of nitrogens with two attached hydrogens (primary N) is 1. The summed E-state index contributed by atoms with van der Waals surface area (Å²) in [6.45, 7) is 5.31. The van der Waals surface area contributed by atoms with Gasteiger partial charge in [0.1, 0.15) is 0 Å². The van der Waals surface area contributed by atoms with Crippen molar-refractivity contribution in [3.05, 3.63) is 35.9 Å². The molecule has 1 aromatic carbocycles. The van der Waals surface area contributed by atoms with Crippen LogP contribution in [0.3, 0.4) is 0 Å². The molecule has 0 radical (unpaired) electrons. The molecule has 0 saturated heterocycles. The van der Waals surface area contributed by atoms with Gasteiger partial charge in [-0.3, -0.25) is 4.99 Å². The van der Waals surface area contributed by atoms with Crippen molar-refractivity contribution >= 4 is 39.8 Å². The standard InChI is InChI=1S/C15H25N3O2S.HI/c1-13(2)11-18-15(16)17-9-6-10-21(19,20)12-14-7-4-3-5-8-14;/h3-5,7-8,13H,6,9-12H2,1-2H3,(H3,16,17,18);1H. The summed E-state index contributed by atoms with van der Waals surface area (Å²) in [5.41, 5.74) is 6.51. The molecule has 1 aromatic rings. The number of hydrogen-bond acceptors (Lipinski definition) is 3. The highest BCUT2D eigenvalue weighted by atomic mass is 127. The summed E-state index contributed by atoms with van der Waals surface area (Å²) in [7, 11) is -3.08. The van der Waals surface area contributed by atoms with Gasteiger partial charge in [0.2, 0.25) is 0 Å². The van der Waals surface area contributed by atoms with Gasteiger partial charge in [-0.25, -0.2) is 8.42 Å². The van der Waals surface area contributed by atoms with E-state index in [1.54, 1.807) is 0 Å². The molecule has 0 saturated carbocycles. The Labute approximate surface area is 150 Å². The van der Waals surface area contributed by atoms with Crippen molar-refractivity contribution in [1.82, 2.24) is 5.32 Å². The lowest BCUT2D eigenvalue weighted by Gasteiger charge is -2.07. The number of nitrogens with zero attached hydrogens (tertiary/aromatic N) is 1. The normalized spacial score (nSPS) is 12.0. The van der Waals surface area contributed by atoms with E-state index in [1.165, 1.54) is 0 Å². The number of benzene rings is 1. The first-order chi connectivity index (χ1) is 9.89.